The predicted molar refractivity (Wildman–Crippen MR) is 58.3 cm³/mol. The van der Waals surface area contributed by atoms with E-state index in [0.717, 1.165) is 5.75 Å². The third kappa shape index (κ3) is 1.83. The zero-order chi connectivity index (χ0) is 10.8. The van der Waals surface area contributed by atoms with Crippen LogP contribution in [0.15, 0.2) is 23.0 Å². The van der Waals surface area contributed by atoms with Gasteiger partial charge >= 0.3 is 0 Å². The molecule has 1 heterocycles. The minimum absolute atomic E-state index is 0.111. The lowest BCUT2D eigenvalue weighted by Crippen LogP contribution is -2.09. The molecular formula is C11H12N2O2. The van der Waals surface area contributed by atoms with Crippen LogP contribution in [0.5, 0.6) is 5.75 Å². The van der Waals surface area contributed by atoms with Gasteiger partial charge in [0.1, 0.15) is 11.6 Å². The van der Waals surface area contributed by atoms with E-state index in [-0.39, 0.29) is 5.56 Å². The molecule has 0 bridgehead atoms. The fourth-order valence-corrected chi connectivity index (χ4v) is 1.49. The topological polar surface area (TPSA) is 55.0 Å². The quantitative estimate of drug-likeness (QED) is 0.808. The van der Waals surface area contributed by atoms with E-state index in [0.29, 0.717) is 23.3 Å². The average Bonchev–Trinajstić information content (AvgIpc) is 2.17. The van der Waals surface area contributed by atoms with Gasteiger partial charge in [-0.2, -0.15) is 0 Å². The first-order valence-electron chi connectivity index (χ1n) is 4.84. The molecule has 15 heavy (non-hydrogen) atoms. The minimum Gasteiger partial charge on any atom is -0.494 e. The van der Waals surface area contributed by atoms with Crippen molar-refractivity contribution in [3.8, 4) is 5.75 Å². The van der Waals surface area contributed by atoms with Gasteiger partial charge in [0.05, 0.1) is 17.5 Å². The number of aryl methyl sites for hydroxylation is 1. The number of ether oxygens (including phenoxy) is 1. The summed E-state index contributed by atoms with van der Waals surface area (Å²) >= 11 is 0. The van der Waals surface area contributed by atoms with Crippen LogP contribution < -0.4 is 10.3 Å². The highest BCUT2D eigenvalue weighted by molar-refractivity contribution is 5.78. The standard InChI is InChI=1S/C11H12N2O2/c1-3-15-8-4-5-9-10(6-8)12-7(2)13-11(9)14/h4-6H,3H2,1-2H3,(H,12,13,14). The minimum atomic E-state index is -0.111. The molecule has 0 aliphatic rings. The number of nitrogens with one attached hydrogen (secondary N) is 1. The molecule has 0 radical (unpaired) electrons. The fraction of sp³-hybridized carbons (Fsp3) is 0.273. The molecule has 2 rings (SSSR count). The predicted octanol–water partition coefficient (Wildman–Crippen LogP) is 1.63. The normalized spacial score (nSPS) is 10.5. The van der Waals surface area contributed by atoms with E-state index in [9.17, 15) is 4.79 Å². The van der Waals surface area contributed by atoms with Crippen LogP contribution in [0, 0.1) is 6.92 Å². The van der Waals surface area contributed by atoms with E-state index in [1.165, 1.54) is 0 Å². The van der Waals surface area contributed by atoms with Crippen LogP contribution in [-0.4, -0.2) is 16.6 Å². The van der Waals surface area contributed by atoms with E-state index < -0.39 is 0 Å². The van der Waals surface area contributed by atoms with Gasteiger partial charge in [-0.05, 0) is 26.0 Å². The fourth-order valence-electron chi connectivity index (χ4n) is 1.49. The Morgan fingerprint density at radius 2 is 2.27 bits per heavy atom. The monoisotopic (exact) mass is 204 g/mol. The average molecular weight is 204 g/mol. The maximum Gasteiger partial charge on any atom is 0.258 e. The largest absolute Gasteiger partial charge is 0.494 e. The number of benzene rings is 1. The number of aromatic amines is 1. The molecule has 0 aliphatic heterocycles. The molecule has 0 saturated carbocycles. The summed E-state index contributed by atoms with van der Waals surface area (Å²) in [6.45, 7) is 4.28. The molecule has 0 fully saturated rings. The summed E-state index contributed by atoms with van der Waals surface area (Å²) in [7, 11) is 0. The Morgan fingerprint density at radius 1 is 1.47 bits per heavy atom. The van der Waals surface area contributed by atoms with Gasteiger partial charge in [0.15, 0.2) is 0 Å². The molecular weight excluding hydrogens is 192 g/mol. The molecule has 4 heteroatoms. The van der Waals surface area contributed by atoms with Gasteiger partial charge in [0, 0.05) is 6.07 Å². The molecule has 1 N–H and O–H groups in total. The van der Waals surface area contributed by atoms with Gasteiger partial charge in [-0.15, -0.1) is 0 Å². The number of hydrogen-bond donors (Lipinski definition) is 1. The SMILES string of the molecule is CCOc1ccc2c(=O)[nH]c(C)nc2c1. The summed E-state index contributed by atoms with van der Waals surface area (Å²) in [6, 6.07) is 5.28. The number of aromatic nitrogens is 2. The van der Waals surface area contributed by atoms with Crippen molar-refractivity contribution < 1.29 is 4.74 Å². The van der Waals surface area contributed by atoms with Crippen molar-refractivity contribution in [1.82, 2.24) is 9.97 Å². The first kappa shape index (κ1) is 9.71. The van der Waals surface area contributed by atoms with Crippen molar-refractivity contribution in [2.45, 2.75) is 13.8 Å². The first-order chi connectivity index (χ1) is 7.20. The van der Waals surface area contributed by atoms with Crippen molar-refractivity contribution in [3.05, 3.63) is 34.4 Å². The Balaban J connectivity index is 2.65. The number of H-pyrrole nitrogens is 1. The van der Waals surface area contributed by atoms with Gasteiger partial charge in [-0.25, -0.2) is 4.98 Å². The Bertz CT molecular complexity index is 546. The summed E-state index contributed by atoms with van der Waals surface area (Å²) in [5.74, 6) is 1.35. The van der Waals surface area contributed by atoms with Crippen molar-refractivity contribution in [3.63, 3.8) is 0 Å². The molecule has 0 spiro atoms. The zero-order valence-corrected chi connectivity index (χ0v) is 8.70. The van der Waals surface area contributed by atoms with Gasteiger partial charge in [0.25, 0.3) is 5.56 Å². The smallest absolute Gasteiger partial charge is 0.258 e. The summed E-state index contributed by atoms with van der Waals surface area (Å²) in [5, 5.41) is 0.587. The maximum absolute atomic E-state index is 11.5. The highest BCUT2D eigenvalue weighted by Crippen LogP contribution is 2.16. The van der Waals surface area contributed by atoms with E-state index in [1.807, 2.05) is 6.92 Å². The van der Waals surface area contributed by atoms with Crippen molar-refractivity contribution in [2.24, 2.45) is 0 Å². The summed E-state index contributed by atoms with van der Waals surface area (Å²) < 4.78 is 5.34. The zero-order valence-electron chi connectivity index (χ0n) is 8.70. The maximum atomic E-state index is 11.5. The second kappa shape index (κ2) is 3.73. The summed E-state index contributed by atoms with van der Waals surface area (Å²) in [4.78, 5) is 18.4. The van der Waals surface area contributed by atoms with Gasteiger partial charge in [-0.3, -0.25) is 4.79 Å². The van der Waals surface area contributed by atoms with E-state index >= 15 is 0 Å². The van der Waals surface area contributed by atoms with Crippen LogP contribution in [0.3, 0.4) is 0 Å². The number of nitrogens with zero attached hydrogens (tertiary/aromatic N) is 1. The highest BCUT2D eigenvalue weighted by Gasteiger charge is 2.02. The molecule has 0 saturated heterocycles. The van der Waals surface area contributed by atoms with Crippen molar-refractivity contribution >= 4 is 10.9 Å². The van der Waals surface area contributed by atoms with Crippen molar-refractivity contribution in [1.29, 1.82) is 0 Å². The molecule has 1 aromatic heterocycles. The van der Waals surface area contributed by atoms with Gasteiger partial charge in [-0.1, -0.05) is 0 Å². The molecule has 0 amide bonds. The van der Waals surface area contributed by atoms with Crippen LogP contribution >= 0.6 is 0 Å². The Hall–Kier alpha value is -1.84. The molecule has 0 aliphatic carbocycles. The lowest BCUT2D eigenvalue weighted by Gasteiger charge is -2.03. The first-order valence-corrected chi connectivity index (χ1v) is 4.84. The van der Waals surface area contributed by atoms with Gasteiger partial charge in [0.2, 0.25) is 0 Å². The number of rotatable bonds is 2. The van der Waals surface area contributed by atoms with Crippen LogP contribution in [0.1, 0.15) is 12.7 Å². The van der Waals surface area contributed by atoms with E-state index in [1.54, 1.807) is 25.1 Å². The summed E-state index contributed by atoms with van der Waals surface area (Å²) in [5.41, 5.74) is 0.558. The van der Waals surface area contributed by atoms with Crippen LogP contribution in [-0.2, 0) is 0 Å². The lowest BCUT2D eigenvalue weighted by atomic mass is 10.2. The third-order valence-electron chi connectivity index (χ3n) is 2.11. The number of hydrogen-bond acceptors (Lipinski definition) is 3. The lowest BCUT2D eigenvalue weighted by molar-refractivity contribution is 0.340. The van der Waals surface area contributed by atoms with Crippen LogP contribution in [0.4, 0.5) is 0 Å². The van der Waals surface area contributed by atoms with Crippen LogP contribution in [0.2, 0.25) is 0 Å². The van der Waals surface area contributed by atoms with Crippen molar-refractivity contribution in [2.75, 3.05) is 6.61 Å². The van der Waals surface area contributed by atoms with Crippen LogP contribution in [0.25, 0.3) is 10.9 Å². The Kier molecular flexibility index (Phi) is 2.41. The molecule has 4 nitrogen and oxygen atoms in total. The second-order valence-electron chi connectivity index (χ2n) is 3.26. The Morgan fingerprint density at radius 3 is 3.00 bits per heavy atom. The molecule has 1 aromatic carbocycles. The summed E-state index contributed by atoms with van der Waals surface area (Å²) in [6.07, 6.45) is 0. The van der Waals surface area contributed by atoms with E-state index in [2.05, 4.69) is 9.97 Å². The third-order valence-corrected chi connectivity index (χ3v) is 2.11. The molecule has 0 unspecified atom stereocenters. The van der Waals surface area contributed by atoms with E-state index in [4.69, 9.17) is 4.74 Å². The second-order valence-corrected chi connectivity index (χ2v) is 3.26. The molecule has 2 aromatic rings. The Labute approximate surface area is 86.9 Å². The molecule has 0 atom stereocenters. The highest BCUT2D eigenvalue weighted by atomic mass is 16.5. The molecule has 78 valence electrons. The van der Waals surface area contributed by atoms with Gasteiger partial charge < -0.3 is 9.72 Å². The number of fused-ring (bicyclic) bond motifs is 1.